The molecule has 1 saturated heterocycles. The summed E-state index contributed by atoms with van der Waals surface area (Å²) in [6.45, 7) is 4.26. The number of fused-ring (bicyclic) bond motifs is 1. The van der Waals surface area contributed by atoms with Gasteiger partial charge in [-0.15, -0.1) is 0 Å². The largest absolute Gasteiger partial charge is 0.491 e. The standard InChI is InChI=1S/C19H29NO4S/c1-2-23-14-15-24-17-9-11-18(12-10-17)25(21,22)20-13-5-7-16-6-3-4-8-19(16)20/h9-12,16,19H,2-8,13-15H2,1H3. The fourth-order valence-electron chi connectivity index (χ4n) is 4.08. The topological polar surface area (TPSA) is 55.8 Å². The van der Waals surface area contributed by atoms with E-state index >= 15 is 0 Å². The van der Waals surface area contributed by atoms with Crippen molar-refractivity contribution in [1.82, 2.24) is 4.31 Å². The van der Waals surface area contributed by atoms with Gasteiger partial charge in [0.15, 0.2) is 0 Å². The summed E-state index contributed by atoms with van der Waals surface area (Å²) in [6, 6.07) is 6.99. The molecule has 0 spiro atoms. The van der Waals surface area contributed by atoms with E-state index in [1.165, 1.54) is 19.3 Å². The molecule has 1 heterocycles. The molecular formula is C19H29NO4S. The van der Waals surface area contributed by atoms with Crippen molar-refractivity contribution in [3.05, 3.63) is 24.3 Å². The average molecular weight is 368 g/mol. The smallest absolute Gasteiger partial charge is 0.243 e. The van der Waals surface area contributed by atoms with Gasteiger partial charge in [0.25, 0.3) is 0 Å². The van der Waals surface area contributed by atoms with Crippen LogP contribution < -0.4 is 4.74 Å². The van der Waals surface area contributed by atoms with E-state index in [9.17, 15) is 8.42 Å². The molecule has 140 valence electrons. The second-order valence-corrected chi connectivity index (χ2v) is 8.78. The van der Waals surface area contributed by atoms with Crippen LogP contribution in [0.2, 0.25) is 0 Å². The summed E-state index contributed by atoms with van der Waals surface area (Å²) in [5.41, 5.74) is 0. The number of hydrogen-bond acceptors (Lipinski definition) is 4. The Morgan fingerprint density at radius 2 is 1.76 bits per heavy atom. The minimum Gasteiger partial charge on any atom is -0.491 e. The summed E-state index contributed by atoms with van der Waals surface area (Å²) in [6.07, 6.45) is 6.69. The highest BCUT2D eigenvalue weighted by Crippen LogP contribution is 2.38. The predicted molar refractivity (Wildman–Crippen MR) is 97.3 cm³/mol. The van der Waals surface area contributed by atoms with Crippen molar-refractivity contribution in [3.63, 3.8) is 0 Å². The zero-order chi connectivity index (χ0) is 17.7. The van der Waals surface area contributed by atoms with E-state index in [4.69, 9.17) is 9.47 Å². The van der Waals surface area contributed by atoms with Crippen LogP contribution in [-0.4, -0.2) is 45.1 Å². The predicted octanol–water partition coefficient (Wildman–Crippen LogP) is 3.45. The summed E-state index contributed by atoms with van der Waals surface area (Å²) in [7, 11) is -3.43. The average Bonchev–Trinajstić information content (AvgIpc) is 2.65. The van der Waals surface area contributed by atoms with Gasteiger partial charge in [0.1, 0.15) is 12.4 Å². The fraction of sp³-hybridized carbons (Fsp3) is 0.684. The van der Waals surface area contributed by atoms with Crippen molar-refractivity contribution >= 4 is 10.0 Å². The van der Waals surface area contributed by atoms with Gasteiger partial charge in [-0.1, -0.05) is 12.8 Å². The van der Waals surface area contributed by atoms with Gasteiger partial charge >= 0.3 is 0 Å². The molecule has 0 radical (unpaired) electrons. The lowest BCUT2D eigenvalue weighted by Crippen LogP contribution is -2.49. The number of piperidine rings is 1. The molecule has 2 atom stereocenters. The van der Waals surface area contributed by atoms with Crippen LogP contribution in [0.4, 0.5) is 0 Å². The maximum Gasteiger partial charge on any atom is 0.243 e. The van der Waals surface area contributed by atoms with Gasteiger partial charge in [0, 0.05) is 19.2 Å². The van der Waals surface area contributed by atoms with Gasteiger partial charge in [-0.3, -0.25) is 0 Å². The van der Waals surface area contributed by atoms with Crippen molar-refractivity contribution in [2.75, 3.05) is 26.4 Å². The molecule has 2 aliphatic rings. The second kappa shape index (κ2) is 8.52. The highest BCUT2D eigenvalue weighted by Gasteiger charge is 2.39. The maximum atomic E-state index is 13.1. The van der Waals surface area contributed by atoms with Crippen LogP contribution in [-0.2, 0) is 14.8 Å². The second-order valence-electron chi connectivity index (χ2n) is 6.89. The van der Waals surface area contributed by atoms with E-state index in [1.807, 2.05) is 6.92 Å². The molecule has 0 amide bonds. The zero-order valence-electron chi connectivity index (χ0n) is 15.0. The molecule has 5 nitrogen and oxygen atoms in total. The Morgan fingerprint density at radius 3 is 2.52 bits per heavy atom. The molecule has 3 rings (SSSR count). The highest BCUT2D eigenvalue weighted by molar-refractivity contribution is 7.89. The van der Waals surface area contributed by atoms with Crippen LogP contribution in [0, 0.1) is 5.92 Å². The van der Waals surface area contributed by atoms with E-state index in [0.29, 0.717) is 42.9 Å². The summed E-state index contributed by atoms with van der Waals surface area (Å²) >= 11 is 0. The van der Waals surface area contributed by atoms with Gasteiger partial charge in [0.2, 0.25) is 10.0 Å². The number of rotatable bonds is 7. The van der Waals surface area contributed by atoms with Crippen LogP contribution in [0.5, 0.6) is 5.75 Å². The lowest BCUT2D eigenvalue weighted by molar-refractivity contribution is 0.110. The van der Waals surface area contributed by atoms with Gasteiger partial charge < -0.3 is 9.47 Å². The third kappa shape index (κ3) is 4.36. The van der Waals surface area contributed by atoms with Crippen LogP contribution in [0.1, 0.15) is 45.4 Å². The minimum atomic E-state index is -3.43. The van der Waals surface area contributed by atoms with Crippen LogP contribution in [0.15, 0.2) is 29.2 Å². The molecule has 6 heteroatoms. The molecule has 0 aromatic heterocycles. The molecule has 0 N–H and O–H groups in total. The van der Waals surface area contributed by atoms with Gasteiger partial charge in [-0.2, -0.15) is 4.31 Å². The molecular weight excluding hydrogens is 338 g/mol. The lowest BCUT2D eigenvalue weighted by Gasteiger charge is -2.43. The van der Waals surface area contributed by atoms with E-state index in [0.717, 1.165) is 19.3 Å². The van der Waals surface area contributed by atoms with E-state index in [1.54, 1.807) is 28.6 Å². The van der Waals surface area contributed by atoms with Crippen LogP contribution in [0.25, 0.3) is 0 Å². The third-order valence-corrected chi connectivity index (χ3v) is 7.26. The number of hydrogen-bond donors (Lipinski definition) is 0. The van der Waals surface area contributed by atoms with Crippen molar-refractivity contribution in [2.24, 2.45) is 5.92 Å². The summed E-state index contributed by atoms with van der Waals surface area (Å²) in [5.74, 6) is 1.21. The molecule has 2 unspecified atom stereocenters. The first-order valence-corrected chi connectivity index (χ1v) is 10.9. The first-order chi connectivity index (χ1) is 12.1. The van der Waals surface area contributed by atoms with E-state index < -0.39 is 10.0 Å². The molecule has 25 heavy (non-hydrogen) atoms. The zero-order valence-corrected chi connectivity index (χ0v) is 15.8. The molecule has 0 bridgehead atoms. The van der Waals surface area contributed by atoms with Crippen LogP contribution >= 0.6 is 0 Å². The Kier molecular flexibility index (Phi) is 6.36. The quantitative estimate of drug-likeness (QED) is 0.693. The lowest BCUT2D eigenvalue weighted by atomic mass is 9.79. The van der Waals surface area contributed by atoms with E-state index in [-0.39, 0.29) is 6.04 Å². The fourth-order valence-corrected chi connectivity index (χ4v) is 5.84. The molecule has 1 saturated carbocycles. The number of benzene rings is 1. The molecule has 1 aliphatic heterocycles. The Balaban J connectivity index is 1.69. The Bertz CT molecular complexity index is 642. The van der Waals surface area contributed by atoms with Crippen molar-refractivity contribution in [2.45, 2.75) is 56.4 Å². The Hall–Kier alpha value is -1.11. The minimum absolute atomic E-state index is 0.189. The maximum absolute atomic E-state index is 13.1. The summed E-state index contributed by atoms with van der Waals surface area (Å²) in [5, 5.41) is 0. The van der Waals surface area contributed by atoms with Gasteiger partial charge in [0.05, 0.1) is 11.5 Å². The third-order valence-electron chi connectivity index (χ3n) is 5.32. The molecule has 1 aromatic rings. The monoisotopic (exact) mass is 367 g/mol. The Morgan fingerprint density at radius 1 is 1.04 bits per heavy atom. The van der Waals surface area contributed by atoms with Crippen molar-refractivity contribution in [1.29, 1.82) is 0 Å². The van der Waals surface area contributed by atoms with Crippen LogP contribution in [0.3, 0.4) is 0 Å². The van der Waals surface area contributed by atoms with E-state index in [2.05, 4.69) is 0 Å². The molecule has 1 aliphatic carbocycles. The summed E-state index contributed by atoms with van der Waals surface area (Å²) in [4.78, 5) is 0.371. The first kappa shape index (κ1) is 18.7. The number of sulfonamides is 1. The van der Waals surface area contributed by atoms with Crippen molar-refractivity contribution < 1.29 is 17.9 Å². The van der Waals surface area contributed by atoms with Crippen molar-refractivity contribution in [3.8, 4) is 5.75 Å². The SMILES string of the molecule is CCOCCOc1ccc(S(=O)(=O)N2CCCC3CCCCC32)cc1. The number of ether oxygens (including phenoxy) is 2. The Labute approximate surface area is 151 Å². The highest BCUT2D eigenvalue weighted by atomic mass is 32.2. The number of nitrogens with zero attached hydrogens (tertiary/aromatic N) is 1. The summed E-state index contributed by atoms with van der Waals surface area (Å²) < 4.78 is 38.8. The molecule has 2 fully saturated rings. The van der Waals surface area contributed by atoms with Gasteiger partial charge in [-0.05, 0) is 62.8 Å². The normalized spacial score (nSPS) is 24.7. The first-order valence-electron chi connectivity index (χ1n) is 9.45. The van der Waals surface area contributed by atoms with Gasteiger partial charge in [-0.25, -0.2) is 8.42 Å². The molecule has 1 aromatic carbocycles.